The standard InChI is InChI=1S/C15H19BrN2O3/c16-12-5-4-10(8-11(12)13(19)20)18-14(21)15(9-17)6-2-1-3-7-15/h4-5,8H,1-3,6-7,9,17H2,(H,18,21)(H,19,20). The molecule has 0 unspecified atom stereocenters. The number of carboxylic acids is 1. The largest absolute Gasteiger partial charge is 0.478 e. The van der Waals surface area contributed by atoms with Crippen molar-refractivity contribution in [1.82, 2.24) is 0 Å². The first kappa shape index (κ1) is 16.0. The molecule has 0 radical (unpaired) electrons. The summed E-state index contributed by atoms with van der Waals surface area (Å²) in [4.78, 5) is 23.7. The van der Waals surface area contributed by atoms with Crippen molar-refractivity contribution in [3.8, 4) is 0 Å². The van der Waals surface area contributed by atoms with Crippen LogP contribution in [0.1, 0.15) is 42.5 Å². The summed E-state index contributed by atoms with van der Waals surface area (Å²) in [5.41, 5.74) is 5.92. The fraction of sp³-hybridized carbons (Fsp3) is 0.467. The van der Waals surface area contributed by atoms with E-state index in [2.05, 4.69) is 21.2 Å². The highest BCUT2D eigenvalue weighted by Gasteiger charge is 2.38. The van der Waals surface area contributed by atoms with Crippen LogP contribution in [0.5, 0.6) is 0 Å². The molecule has 1 aromatic carbocycles. The number of anilines is 1. The molecule has 21 heavy (non-hydrogen) atoms. The topological polar surface area (TPSA) is 92.4 Å². The lowest BCUT2D eigenvalue weighted by molar-refractivity contribution is -0.126. The van der Waals surface area contributed by atoms with Crippen molar-refractivity contribution < 1.29 is 14.7 Å². The Balaban J connectivity index is 2.19. The molecule has 1 amide bonds. The van der Waals surface area contributed by atoms with Gasteiger partial charge < -0.3 is 16.2 Å². The number of aromatic carboxylic acids is 1. The number of nitrogens with two attached hydrogens (primary N) is 1. The predicted octanol–water partition coefficient (Wildman–Crippen LogP) is 3.00. The van der Waals surface area contributed by atoms with Crippen molar-refractivity contribution in [2.75, 3.05) is 11.9 Å². The fourth-order valence-electron chi connectivity index (χ4n) is 2.78. The molecule has 1 aliphatic rings. The number of rotatable bonds is 4. The summed E-state index contributed by atoms with van der Waals surface area (Å²) in [6.07, 6.45) is 4.72. The van der Waals surface area contributed by atoms with Gasteiger partial charge in [-0.1, -0.05) is 19.3 Å². The Kier molecular flexibility index (Phi) is 5.00. The highest BCUT2D eigenvalue weighted by atomic mass is 79.9. The van der Waals surface area contributed by atoms with E-state index in [4.69, 9.17) is 10.8 Å². The molecule has 114 valence electrons. The minimum absolute atomic E-state index is 0.108. The van der Waals surface area contributed by atoms with Crippen LogP contribution in [0.3, 0.4) is 0 Å². The second-order valence-corrected chi connectivity index (χ2v) is 6.35. The lowest BCUT2D eigenvalue weighted by atomic mass is 9.73. The maximum atomic E-state index is 12.5. The number of halogens is 1. The minimum atomic E-state index is -1.04. The zero-order valence-electron chi connectivity index (χ0n) is 11.7. The molecule has 1 aliphatic carbocycles. The Morgan fingerprint density at radius 2 is 1.95 bits per heavy atom. The molecule has 0 aliphatic heterocycles. The average molecular weight is 355 g/mol. The van der Waals surface area contributed by atoms with E-state index >= 15 is 0 Å². The summed E-state index contributed by atoms with van der Waals surface area (Å²) in [7, 11) is 0. The molecule has 5 nitrogen and oxygen atoms in total. The van der Waals surface area contributed by atoms with Crippen molar-refractivity contribution in [3.05, 3.63) is 28.2 Å². The number of hydrogen-bond donors (Lipinski definition) is 3. The Labute approximate surface area is 132 Å². The van der Waals surface area contributed by atoms with E-state index in [0.717, 1.165) is 32.1 Å². The number of nitrogens with one attached hydrogen (secondary N) is 1. The number of carbonyl (C=O) groups is 2. The van der Waals surface area contributed by atoms with Gasteiger partial charge in [0.25, 0.3) is 0 Å². The van der Waals surface area contributed by atoms with Crippen molar-refractivity contribution in [3.63, 3.8) is 0 Å². The molecular weight excluding hydrogens is 336 g/mol. The molecule has 0 bridgehead atoms. The summed E-state index contributed by atoms with van der Waals surface area (Å²) in [5.74, 6) is -1.15. The first-order valence-corrected chi connectivity index (χ1v) is 7.82. The van der Waals surface area contributed by atoms with Gasteiger partial charge >= 0.3 is 5.97 Å². The normalized spacial score (nSPS) is 17.2. The van der Waals surface area contributed by atoms with Crippen molar-refractivity contribution in [2.45, 2.75) is 32.1 Å². The molecule has 0 spiro atoms. The first-order chi connectivity index (χ1) is 9.98. The van der Waals surface area contributed by atoms with Gasteiger partial charge in [0, 0.05) is 16.7 Å². The second kappa shape index (κ2) is 6.58. The van der Waals surface area contributed by atoms with Crippen molar-refractivity contribution in [2.24, 2.45) is 11.1 Å². The number of hydrogen-bond acceptors (Lipinski definition) is 3. The smallest absolute Gasteiger partial charge is 0.336 e. The monoisotopic (exact) mass is 354 g/mol. The zero-order valence-corrected chi connectivity index (χ0v) is 13.3. The number of carboxylic acid groups (broad SMARTS) is 1. The quantitative estimate of drug-likeness (QED) is 0.774. The maximum absolute atomic E-state index is 12.5. The molecule has 0 heterocycles. The molecule has 0 atom stereocenters. The van der Waals surface area contributed by atoms with Crippen molar-refractivity contribution >= 4 is 33.5 Å². The van der Waals surface area contributed by atoms with E-state index in [9.17, 15) is 9.59 Å². The maximum Gasteiger partial charge on any atom is 0.336 e. The van der Waals surface area contributed by atoms with Gasteiger partial charge in [-0.2, -0.15) is 0 Å². The van der Waals surface area contributed by atoms with E-state index in [1.165, 1.54) is 6.07 Å². The summed E-state index contributed by atoms with van der Waals surface area (Å²) in [6.45, 7) is 0.321. The zero-order chi connectivity index (χ0) is 15.5. The highest BCUT2D eigenvalue weighted by Crippen LogP contribution is 2.36. The van der Waals surface area contributed by atoms with Gasteiger partial charge in [-0.25, -0.2) is 4.79 Å². The van der Waals surface area contributed by atoms with Crippen LogP contribution in [-0.2, 0) is 4.79 Å². The lowest BCUT2D eigenvalue weighted by Crippen LogP contribution is -2.43. The third-order valence-electron chi connectivity index (χ3n) is 4.14. The summed E-state index contributed by atoms with van der Waals surface area (Å²) in [5, 5.41) is 11.9. The van der Waals surface area contributed by atoms with Crippen LogP contribution >= 0.6 is 15.9 Å². The SMILES string of the molecule is NCC1(C(=O)Nc2ccc(Br)c(C(=O)O)c2)CCCCC1. The van der Waals surface area contributed by atoms with E-state index in [1.807, 2.05) is 0 Å². The number of amides is 1. The van der Waals surface area contributed by atoms with Gasteiger partial charge in [0.15, 0.2) is 0 Å². The molecular formula is C15H19BrN2O3. The molecule has 1 fully saturated rings. The average Bonchev–Trinajstić information content (AvgIpc) is 2.49. The van der Waals surface area contributed by atoms with Crippen LogP contribution in [0.2, 0.25) is 0 Å². The minimum Gasteiger partial charge on any atom is -0.478 e. The molecule has 1 aromatic rings. The van der Waals surface area contributed by atoms with Gasteiger partial charge in [0.2, 0.25) is 5.91 Å². The predicted molar refractivity (Wildman–Crippen MR) is 84.3 cm³/mol. The molecule has 6 heteroatoms. The summed E-state index contributed by atoms with van der Waals surface area (Å²) in [6, 6.07) is 4.76. The summed E-state index contributed by atoms with van der Waals surface area (Å²) >= 11 is 3.18. The van der Waals surface area contributed by atoms with Crippen LogP contribution < -0.4 is 11.1 Å². The lowest BCUT2D eigenvalue weighted by Gasteiger charge is -2.34. The van der Waals surface area contributed by atoms with Gasteiger partial charge in [-0.15, -0.1) is 0 Å². The Morgan fingerprint density at radius 3 is 2.52 bits per heavy atom. The third-order valence-corrected chi connectivity index (χ3v) is 4.83. The van der Waals surface area contributed by atoms with Crippen LogP contribution in [-0.4, -0.2) is 23.5 Å². The van der Waals surface area contributed by atoms with Gasteiger partial charge in [0.05, 0.1) is 11.0 Å². The van der Waals surface area contributed by atoms with E-state index < -0.39 is 11.4 Å². The summed E-state index contributed by atoms with van der Waals surface area (Å²) < 4.78 is 0.485. The Morgan fingerprint density at radius 1 is 1.29 bits per heavy atom. The van der Waals surface area contributed by atoms with E-state index in [0.29, 0.717) is 16.7 Å². The van der Waals surface area contributed by atoms with Crippen molar-refractivity contribution in [1.29, 1.82) is 0 Å². The van der Waals surface area contributed by atoms with Gasteiger partial charge in [-0.3, -0.25) is 4.79 Å². The van der Waals surface area contributed by atoms with Gasteiger partial charge in [0.1, 0.15) is 0 Å². The van der Waals surface area contributed by atoms with Crippen LogP contribution in [0.25, 0.3) is 0 Å². The highest BCUT2D eigenvalue weighted by molar-refractivity contribution is 9.10. The van der Waals surface area contributed by atoms with Gasteiger partial charge in [-0.05, 0) is 47.0 Å². The molecule has 2 rings (SSSR count). The molecule has 1 saturated carbocycles. The van der Waals surface area contributed by atoms with E-state index in [1.54, 1.807) is 12.1 Å². The van der Waals surface area contributed by atoms with Crippen LogP contribution in [0, 0.1) is 5.41 Å². The number of benzene rings is 1. The molecule has 0 aromatic heterocycles. The first-order valence-electron chi connectivity index (χ1n) is 7.03. The van der Waals surface area contributed by atoms with E-state index in [-0.39, 0.29) is 11.5 Å². The Hall–Kier alpha value is -1.40. The molecule has 0 saturated heterocycles. The second-order valence-electron chi connectivity index (χ2n) is 5.50. The number of carbonyl (C=O) groups excluding carboxylic acids is 1. The molecule has 4 N–H and O–H groups in total. The fourth-order valence-corrected chi connectivity index (χ4v) is 3.20. The Bertz CT molecular complexity index is 554. The van der Waals surface area contributed by atoms with Crippen LogP contribution in [0.4, 0.5) is 5.69 Å². The van der Waals surface area contributed by atoms with Crippen LogP contribution in [0.15, 0.2) is 22.7 Å². The third kappa shape index (κ3) is 3.44.